The van der Waals surface area contributed by atoms with Gasteiger partial charge in [-0.3, -0.25) is 10.0 Å². The Kier molecular flexibility index (Phi) is 3.32. The van der Waals surface area contributed by atoms with E-state index in [1.165, 1.54) is 11.6 Å². The second-order valence-corrected chi connectivity index (χ2v) is 3.37. The van der Waals surface area contributed by atoms with Gasteiger partial charge >= 0.3 is 0 Å². The lowest BCUT2D eigenvalue weighted by atomic mass is 10.1. The summed E-state index contributed by atoms with van der Waals surface area (Å²) in [7, 11) is 0. The van der Waals surface area contributed by atoms with E-state index in [0.29, 0.717) is 0 Å². The predicted molar refractivity (Wildman–Crippen MR) is 63.0 cm³/mol. The molecule has 0 radical (unpaired) electrons. The van der Waals surface area contributed by atoms with Crippen LogP contribution in [0.5, 0.6) is 0 Å². The maximum absolute atomic E-state index is 10.8. The van der Waals surface area contributed by atoms with E-state index in [1.807, 2.05) is 24.3 Å². The molecule has 86 valence electrons. The zero-order valence-electron chi connectivity index (χ0n) is 8.92. The maximum atomic E-state index is 10.8. The van der Waals surface area contributed by atoms with Gasteiger partial charge < -0.3 is 4.98 Å². The first-order chi connectivity index (χ1) is 8.29. The van der Waals surface area contributed by atoms with Gasteiger partial charge in [-0.05, 0) is 17.7 Å². The fourth-order valence-corrected chi connectivity index (χ4v) is 1.42. The van der Waals surface area contributed by atoms with E-state index in [-0.39, 0.29) is 0 Å². The molecule has 1 aromatic carbocycles. The summed E-state index contributed by atoms with van der Waals surface area (Å²) >= 11 is 0. The Bertz CT molecular complexity index is 532. The summed E-state index contributed by atoms with van der Waals surface area (Å²) in [5.41, 5.74) is 3.31. The minimum Gasteiger partial charge on any atom is -0.345 e. The Labute approximate surface area is 97.8 Å². The lowest BCUT2D eigenvalue weighted by Gasteiger charge is -1.98. The van der Waals surface area contributed by atoms with Crippen LogP contribution in [0.4, 0.5) is 0 Å². The van der Waals surface area contributed by atoms with Crippen molar-refractivity contribution in [3.63, 3.8) is 0 Å². The fraction of sp³-hybridized carbons (Fsp3) is 0. The molecule has 0 atom stereocenters. The van der Waals surface area contributed by atoms with Crippen LogP contribution in [0.15, 0.2) is 42.7 Å². The molecule has 0 fully saturated rings. The zero-order valence-corrected chi connectivity index (χ0v) is 8.92. The van der Waals surface area contributed by atoms with Gasteiger partial charge in [0.2, 0.25) is 0 Å². The summed E-state index contributed by atoms with van der Waals surface area (Å²) in [6.45, 7) is 0. The first-order valence-electron chi connectivity index (χ1n) is 5.01. The van der Waals surface area contributed by atoms with Crippen LogP contribution >= 0.6 is 0 Å². The van der Waals surface area contributed by atoms with Crippen molar-refractivity contribution in [3.8, 4) is 11.4 Å². The molecule has 0 saturated heterocycles. The van der Waals surface area contributed by atoms with Crippen LogP contribution in [0.25, 0.3) is 17.5 Å². The number of amides is 1. The molecular formula is C12H11N3O2. The summed E-state index contributed by atoms with van der Waals surface area (Å²) in [5.74, 6) is 0.209. The predicted octanol–water partition coefficient (Wildman–Crippen LogP) is 1.60. The number of hydrogen-bond donors (Lipinski definition) is 3. The largest absolute Gasteiger partial charge is 0.345 e. The summed E-state index contributed by atoms with van der Waals surface area (Å²) < 4.78 is 0. The highest BCUT2D eigenvalue weighted by molar-refractivity contribution is 5.90. The zero-order chi connectivity index (χ0) is 12.1. The third-order valence-electron chi connectivity index (χ3n) is 2.20. The van der Waals surface area contributed by atoms with Gasteiger partial charge in [-0.15, -0.1) is 0 Å². The molecule has 3 N–H and O–H groups in total. The van der Waals surface area contributed by atoms with Crippen molar-refractivity contribution in [1.29, 1.82) is 0 Å². The van der Waals surface area contributed by atoms with Crippen LogP contribution in [-0.4, -0.2) is 21.1 Å². The molecule has 5 nitrogen and oxygen atoms in total. The van der Waals surface area contributed by atoms with Crippen LogP contribution in [0.3, 0.4) is 0 Å². The molecule has 1 amide bonds. The Hall–Kier alpha value is -2.40. The normalized spacial score (nSPS) is 10.6. The van der Waals surface area contributed by atoms with Crippen molar-refractivity contribution < 1.29 is 10.0 Å². The van der Waals surface area contributed by atoms with Crippen molar-refractivity contribution >= 4 is 12.0 Å². The Morgan fingerprint density at radius 1 is 1.47 bits per heavy atom. The average molecular weight is 229 g/mol. The molecule has 0 aliphatic heterocycles. The number of carbonyl (C=O) groups excluding carboxylic acids is 1. The van der Waals surface area contributed by atoms with Gasteiger partial charge in [0, 0.05) is 24.0 Å². The van der Waals surface area contributed by atoms with Gasteiger partial charge in [0.25, 0.3) is 5.91 Å². The number of imidazole rings is 1. The molecule has 0 bridgehead atoms. The van der Waals surface area contributed by atoms with Gasteiger partial charge in [0.1, 0.15) is 5.82 Å². The number of aromatic nitrogens is 2. The summed E-state index contributed by atoms with van der Waals surface area (Å²) in [6.07, 6.45) is 6.29. The van der Waals surface area contributed by atoms with Gasteiger partial charge in [-0.2, -0.15) is 0 Å². The number of hydroxylamine groups is 1. The van der Waals surface area contributed by atoms with Crippen molar-refractivity contribution in [2.45, 2.75) is 0 Å². The van der Waals surface area contributed by atoms with E-state index < -0.39 is 5.91 Å². The molecule has 1 aromatic heterocycles. The van der Waals surface area contributed by atoms with E-state index in [9.17, 15) is 4.79 Å². The SMILES string of the molecule is O=C(/C=C/c1cccc(-c2ncc[nH]2)c1)NO. The van der Waals surface area contributed by atoms with E-state index in [1.54, 1.807) is 18.5 Å². The number of nitrogens with zero attached hydrogens (tertiary/aromatic N) is 1. The van der Waals surface area contributed by atoms with Crippen molar-refractivity contribution in [2.24, 2.45) is 0 Å². The lowest BCUT2D eigenvalue weighted by Crippen LogP contribution is -2.14. The fourth-order valence-electron chi connectivity index (χ4n) is 1.42. The second kappa shape index (κ2) is 5.09. The standard InChI is InChI=1S/C12H11N3O2/c16-11(15-17)5-4-9-2-1-3-10(8-9)12-13-6-7-14-12/h1-8,17H,(H,13,14)(H,15,16)/b5-4+. The molecule has 2 aromatic rings. The number of H-pyrrole nitrogens is 1. The molecule has 2 rings (SSSR count). The van der Waals surface area contributed by atoms with Gasteiger partial charge in [-0.25, -0.2) is 10.5 Å². The number of rotatable bonds is 3. The van der Waals surface area contributed by atoms with E-state index in [4.69, 9.17) is 5.21 Å². The molecule has 0 unspecified atom stereocenters. The maximum Gasteiger partial charge on any atom is 0.267 e. The van der Waals surface area contributed by atoms with Gasteiger partial charge in [0.05, 0.1) is 0 Å². The van der Waals surface area contributed by atoms with Gasteiger partial charge in [0.15, 0.2) is 0 Å². The third-order valence-corrected chi connectivity index (χ3v) is 2.20. The Morgan fingerprint density at radius 2 is 2.35 bits per heavy atom. The number of hydrogen-bond acceptors (Lipinski definition) is 3. The molecule has 0 aliphatic rings. The number of nitrogens with one attached hydrogen (secondary N) is 2. The smallest absolute Gasteiger partial charge is 0.267 e. The topological polar surface area (TPSA) is 78.0 Å². The Balaban J connectivity index is 2.23. The van der Waals surface area contributed by atoms with Crippen LogP contribution in [-0.2, 0) is 4.79 Å². The van der Waals surface area contributed by atoms with Crippen LogP contribution in [0.2, 0.25) is 0 Å². The third kappa shape index (κ3) is 2.79. The molecule has 0 saturated carbocycles. The monoisotopic (exact) mass is 229 g/mol. The quantitative estimate of drug-likeness (QED) is 0.425. The highest BCUT2D eigenvalue weighted by Crippen LogP contribution is 2.16. The summed E-state index contributed by atoms with van der Waals surface area (Å²) in [4.78, 5) is 18.0. The number of carbonyl (C=O) groups is 1. The number of aromatic amines is 1. The molecule has 1 heterocycles. The van der Waals surface area contributed by atoms with E-state index in [2.05, 4.69) is 9.97 Å². The number of benzene rings is 1. The first kappa shape index (κ1) is 11.1. The lowest BCUT2D eigenvalue weighted by molar-refractivity contribution is -0.124. The van der Waals surface area contributed by atoms with Crippen LogP contribution < -0.4 is 5.48 Å². The van der Waals surface area contributed by atoms with Crippen molar-refractivity contribution in [2.75, 3.05) is 0 Å². The van der Waals surface area contributed by atoms with Crippen LogP contribution in [0, 0.1) is 0 Å². The minimum atomic E-state index is -0.562. The highest BCUT2D eigenvalue weighted by Gasteiger charge is 1.99. The molecule has 0 spiro atoms. The molecule has 5 heteroatoms. The van der Waals surface area contributed by atoms with E-state index >= 15 is 0 Å². The van der Waals surface area contributed by atoms with E-state index in [0.717, 1.165) is 17.0 Å². The average Bonchev–Trinajstić information content (AvgIpc) is 2.90. The minimum absolute atomic E-state index is 0.562. The molecule has 17 heavy (non-hydrogen) atoms. The first-order valence-corrected chi connectivity index (χ1v) is 5.01. The van der Waals surface area contributed by atoms with Crippen molar-refractivity contribution in [3.05, 3.63) is 48.3 Å². The van der Waals surface area contributed by atoms with Gasteiger partial charge in [-0.1, -0.05) is 18.2 Å². The highest BCUT2D eigenvalue weighted by atomic mass is 16.5. The molecule has 0 aliphatic carbocycles. The summed E-state index contributed by atoms with van der Waals surface area (Å²) in [6, 6.07) is 7.53. The summed E-state index contributed by atoms with van der Waals surface area (Å²) in [5, 5.41) is 8.35. The Morgan fingerprint density at radius 3 is 3.06 bits per heavy atom. The second-order valence-electron chi connectivity index (χ2n) is 3.37. The van der Waals surface area contributed by atoms with Crippen LogP contribution in [0.1, 0.15) is 5.56 Å². The molecular weight excluding hydrogens is 218 g/mol. The van der Waals surface area contributed by atoms with Crippen molar-refractivity contribution in [1.82, 2.24) is 15.4 Å².